The second kappa shape index (κ2) is 910. The van der Waals surface area contributed by atoms with Crippen LogP contribution >= 0.6 is 13.5 Å². The summed E-state index contributed by atoms with van der Waals surface area (Å²) in [6.45, 7) is 0. The summed E-state index contributed by atoms with van der Waals surface area (Å²) < 4.78 is 0. The number of hydrogen-bond donors (Lipinski definition) is 0. The van der Waals surface area contributed by atoms with E-state index in [0.717, 1.165) is 0 Å². The molecule has 8 heavy (non-hydrogen) atoms. The summed E-state index contributed by atoms with van der Waals surface area (Å²) in [4.78, 5) is 0. The molecule has 0 aliphatic heterocycles. The van der Waals surface area contributed by atoms with Crippen LogP contribution in [-0.2, 0) is 16.5 Å². The van der Waals surface area contributed by atoms with Gasteiger partial charge in [0, 0.05) is 16.5 Å². The molecule has 0 saturated carbocycles. The largest absolute Gasteiger partial charge is 0.412 e. The van der Waals surface area contributed by atoms with Crippen LogP contribution in [0, 0.1) is 0 Å². The molecule has 0 bridgehead atoms. The Morgan fingerprint density at radius 3 is 0.375 bits per heavy atom. The van der Waals surface area contributed by atoms with Crippen LogP contribution in [0.1, 0.15) is 0 Å². The summed E-state index contributed by atoms with van der Waals surface area (Å²) in [5.41, 5.74) is 0. The predicted molar refractivity (Wildman–Crippen MR) is 32.1 cm³/mol. The van der Waals surface area contributed by atoms with Crippen LogP contribution in [0.3, 0.4) is 0 Å². The molecule has 0 fully saturated rings. The van der Waals surface area contributed by atoms with Crippen molar-refractivity contribution in [3.05, 3.63) is 0 Å². The maximum atomic E-state index is 0. The van der Waals surface area contributed by atoms with E-state index in [1.54, 1.807) is 0 Å². The van der Waals surface area contributed by atoms with Crippen molar-refractivity contribution in [1.29, 1.82) is 0 Å². The molecule has 0 amide bonds. The zero-order chi connectivity index (χ0) is 0. The van der Waals surface area contributed by atoms with Crippen LogP contribution in [0.15, 0.2) is 0 Å². The molecule has 0 heterocycles. The minimum absolute atomic E-state index is 0. The van der Waals surface area contributed by atoms with E-state index in [4.69, 9.17) is 0 Å². The second-order valence-corrected chi connectivity index (χ2v) is 0. The van der Waals surface area contributed by atoms with E-state index in [9.17, 15) is 0 Å². The van der Waals surface area contributed by atoms with Gasteiger partial charge in [-0.1, -0.05) is 0 Å². The van der Waals surface area contributed by atoms with Crippen LogP contribution in [0.2, 0.25) is 0 Å². The minimum atomic E-state index is 0. The van der Waals surface area contributed by atoms with Gasteiger partial charge in [0.15, 0.2) is 0 Å². The molecule has 0 spiro atoms. The van der Waals surface area contributed by atoms with Crippen LogP contribution < -0.4 is 0 Å². The predicted octanol–water partition coefficient (Wildman–Crippen LogP) is -4.84. The van der Waals surface area contributed by atoms with Crippen molar-refractivity contribution >= 4 is 13.5 Å². The molecule has 0 aromatic heterocycles. The molecule has 0 unspecified atom stereocenters. The first-order valence-corrected chi connectivity index (χ1v) is 0. The van der Waals surface area contributed by atoms with E-state index < -0.39 is 0 Å². The van der Waals surface area contributed by atoms with Crippen molar-refractivity contribution in [1.82, 2.24) is 0 Å². The molecule has 0 aromatic carbocycles. The number of rotatable bonds is 0. The second-order valence-electron chi connectivity index (χ2n) is 0. The Balaban J connectivity index is 0. The Bertz CT molecular complexity index is 8.49. The Morgan fingerprint density at radius 1 is 0.375 bits per heavy atom. The fraction of sp³-hybridized carbons (Fsp3) is 0. The third-order valence-corrected chi connectivity index (χ3v) is 0. The molecular formula is H14NiO6S. The fourth-order valence-corrected chi connectivity index (χ4v) is 0. The van der Waals surface area contributed by atoms with Crippen LogP contribution in [0.4, 0.5) is 0 Å². The van der Waals surface area contributed by atoms with Crippen molar-refractivity contribution in [2.75, 3.05) is 0 Å². The Morgan fingerprint density at radius 2 is 0.375 bits per heavy atom. The van der Waals surface area contributed by atoms with Gasteiger partial charge >= 0.3 is 0 Å². The smallest absolute Gasteiger partial charge is 0 e. The molecule has 66 valence electrons. The zero-order valence-electron chi connectivity index (χ0n) is 3.82. The van der Waals surface area contributed by atoms with E-state index in [0.29, 0.717) is 0 Å². The van der Waals surface area contributed by atoms with E-state index >= 15 is 0 Å². The van der Waals surface area contributed by atoms with Crippen molar-refractivity contribution < 1.29 is 49.3 Å². The van der Waals surface area contributed by atoms with Gasteiger partial charge in [-0.05, 0) is 0 Å². The Kier molecular flexibility index (Phi) is 155000. The van der Waals surface area contributed by atoms with Gasteiger partial charge in [0.25, 0.3) is 0 Å². The average molecular weight is 201 g/mol. The van der Waals surface area contributed by atoms with E-state index in [-0.39, 0.29) is 62.8 Å². The van der Waals surface area contributed by atoms with E-state index in [2.05, 4.69) is 0 Å². The van der Waals surface area contributed by atoms with Crippen molar-refractivity contribution in [3.63, 3.8) is 0 Å². The molecule has 0 aliphatic carbocycles. The summed E-state index contributed by atoms with van der Waals surface area (Å²) >= 11 is 0. The third-order valence-electron chi connectivity index (χ3n) is 0. The first-order valence-electron chi connectivity index (χ1n) is 0. The van der Waals surface area contributed by atoms with Crippen LogP contribution in [0.5, 0.6) is 0 Å². The van der Waals surface area contributed by atoms with Crippen LogP contribution in [-0.4, -0.2) is 32.9 Å². The van der Waals surface area contributed by atoms with Crippen molar-refractivity contribution in [2.45, 2.75) is 0 Å². The van der Waals surface area contributed by atoms with Gasteiger partial charge < -0.3 is 32.9 Å². The topological polar surface area (TPSA) is 189 Å². The Labute approximate surface area is 63.5 Å². The molecule has 0 aromatic rings. The Hall–Kier alpha value is 0.604. The molecule has 8 heteroatoms. The summed E-state index contributed by atoms with van der Waals surface area (Å²) in [5, 5.41) is 0. The van der Waals surface area contributed by atoms with Gasteiger partial charge in [-0.25, -0.2) is 0 Å². The SMILES string of the molecule is O.O.O.O.O.O.S.[Ni]. The zero-order valence-corrected chi connectivity index (χ0v) is 5.80. The normalized spacial score (nSPS) is 0. The van der Waals surface area contributed by atoms with Crippen molar-refractivity contribution in [2.24, 2.45) is 0 Å². The van der Waals surface area contributed by atoms with E-state index in [1.807, 2.05) is 0 Å². The van der Waals surface area contributed by atoms with E-state index in [1.165, 1.54) is 0 Å². The summed E-state index contributed by atoms with van der Waals surface area (Å²) in [6, 6.07) is 0. The molecular weight excluding hydrogens is 187 g/mol. The van der Waals surface area contributed by atoms with Gasteiger partial charge in [-0.15, -0.1) is 0 Å². The molecule has 0 saturated heterocycles. The monoisotopic (exact) mass is 200 g/mol. The molecule has 0 rings (SSSR count). The summed E-state index contributed by atoms with van der Waals surface area (Å²) in [5.74, 6) is 0. The standard InChI is InChI=1S/Ni.6H2O.H2S/h;7*1H2. The van der Waals surface area contributed by atoms with Gasteiger partial charge in [0.05, 0.1) is 0 Å². The summed E-state index contributed by atoms with van der Waals surface area (Å²) in [7, 11) is 0. The maximum absolute atomic E-state index is 0. The minimum Gasteiger partial charge on any atom is -0.412 e. The van der Waals surface area contributed by atoms with Gasteiger partial charge in [0.2, 0.25) is 0 Å². The maximum Gasteiger partial charge on any atom is 0 e. The molecule has 12 N–H and O–H groups in total. The summed E-state index contributed by atoms with van der Waals surface area (Å²) in [6.07, 6.45) is 0. The van der Waals surface area contributed by atoms with Gasteiger partial charge in [-0.3, -0.25) is 0 Å². The first-order chi connectivity index (χ1) is 0. The first kappa shape index (κ1) is 1370. The number of hydrogen-bond acceptors (Lipinski definition) is 0. The van der Waals surface area contributed by atoms with Crippen LogP contribution in [0.25, 0.3) is 0 Å². The van der Waals surface area contributed by atoms with Gasteiger partial charge in [-0.2, -0.15) is 13.5 Å². The molecule has 0 aliphatic rings. The van der Waals surface area contributed by atoms with Gasteiger partial charge in [0.1, 0.15) is 0 Å². The molecule has 6 nitrogen and oxygen atoms in total. The average Bonchev–Trinajstić information content (AvgIpc) is 0. The fourth-order valence-electron chi connectivity index (χ4n) is 0. The molecule has 0 radical (unpaired) electrons. The van der Waals surface area contributed by atoms with Crippen molar-refractivity contribution in [3.8, 4) is 0 Å². The third kappa shape index (κ3) is 569. The molecule has 0 atom stereocenters. The quantitative estimate of drug-likeness (QED) is 0.340.